The summed E-state index contributed by atoms with van der Waals surface area (Å²) >= 11 is 6.11. The summed E-state index contributed by atoms with van der Waals surface area (Å²) in [7, 11) is 0. The van der Waals surface area contributed by atoms with E-state index in [2.05, 4.69) is 10.4 Å². The SMILES string of the molecule is Cc1nn(-c2ccc(F)cc2)c(C)c1/C=C/C(=O)Nc1ccc(Cl)cc1C(=O)N1CCCC1. The van der Waals surface area contributed by atoms with Crippen molar-refractivity contribution >= 4 is 35.2 Å². The van der Waals surface area contributed by atoms with Crippen molar-refractivity contribution in [1.82, 2.24) is 14.7 Å². The normalized spacial score (nSPS) is 13.6. The second kappa shape index (κ2) is 9.58. The highest BCUT2D eigenvalue weighted by molar-refractivity contribution is 6.31. The van der Waals surface area contributed by atoms with Crippen molar-refractivity contribution in [3.63, 3.8) is 0 Å². The van der Waals surface area contributed by atoms with E-state index in [0.29, 0.717) is 29.4 Å². The number of halogens is 2. The number of amides is 2. The van der Waals surface area contributed by atoms with Gasteiger partial charge in [0.1, 0.15) is 5.82 Å². The molecule has 1 saturated heterocycles. The summed E-state index contributed by atoms with van der Waals surface area (Å²) in [5.41, 5.74) is 3.87. The van der Waals surface area contributed by atoms with E-state index >= 15 is 0 Å². The fraction of sp³-hybridized carbons (Fsp3) is 0.240. The molecule has 2 amide bonds. The number of aryl methyl sites for hydroxylation is 1. The monoisotopic (exact) mass is 466 g/mol. The fourth-order valence-corrected chi connectivity index (χ4v) is 4.13. The Morgan fingerprint density at radius 1 is 1.09 bits per heavy atom. The second-order valence-corrected chi connectivity index (χ2v) is 8.42. The summed E-state index contributed by atoms with van der Waals surface area (Å²) in [6.07, 6.45) is 5.04. The number of hydrogen-bond donors (Lipinski definition) is 1. The third-order valence-corrected chi connectivity index (χ3v) is 5.92. The first-order valence-electron chi connectivity index (χ1n) is 10.7. The zero-order valence-corrected chi connectivity index (χ0v) is 19.2. The molecule has 0 atom stereocenters. The van der Waals surface area contributed by atoms with Crippen LogP contribution in [0.3, 0.4) is 0 Å². The van der Waals surface area contributed by atoms with Crippen LogP contribution >= 0.6 is 11.6 Å². The van der Waals surface area contributed by atoms with Gasteiger partial charge in [-0.3, -0.25) is 9.59 Å². The molecule has 0 aliphatic carbocycles. The minimum Gasteiger partial charge on any atom is -0.339 e. The number of aromatic nitrogens is 2. The quantitative estimate of drug-likeness (QED) is 0.527. The molecule has 1 aliphatic rings. The molecule has 170 valence electrons. The van der Waals surface area contributed by atoms with Crippen molar-refractivity contribution in [2.24, 2.45) is 0 Å². The maximum atomic E-state index is 13.2. The van der Waals surface area contributed by atoms with Gasteiger partial charge in [-0.15, -0.1) is 0 Å². The zero-order chi connectivity index (χ0) is 23.5. The van der Waals surface area contributed by atoms with Crippen LogP contribution < -0.4 is 5.32 Å². The molecule has 1 fully saturated rings. The number of benzene rings is 2. The van der Waals surface area contributed by atoms with Crippen LogP contribution in [-0.4, -0.2) is 39.6 Å². The Balaban J connectivity index is 1.54. The minimum absolute atomic E-state index is 0.137. The van der Waals surface area contributed by atoms with Gasteiger partial charge in [0.2, 0.25) is 5.91 Å². The first-order valence-corrected chi connectivity index (χ1v) is 11.1. The van der Waals surface area contributed by atoms with E-state index in [9.17, 15) is 14.0 Å². The third-order valence-electron chi connectivity index (χ3n) is 5.68. The lowest BCUT2D eigenvalue weighted by Gasteiger charge is -2.18. The minimum atomic E-state index is -0.374. The van der Waals surface area contributed by atoms with E-state index in [-0.39, 0.29) is 17.6 Å². The van der Waals surface area contributed by atoms with Gasteiger partial charge in [-0.25, -0.2) is 9.07 Å². The largest absolute Gasteiger partial charge is 0.339 e. The highest BCUT2D eigenvalue weighted by atomic mass is 35.5. The number of nitrogens with one attached hydrogen (secondary N) is 1. The lowest BCUT2D eigenvalue weighted by molar-refractivity contribution is -0.111. The Bertz CT molecular complexity index is 1230. The van der Waals surface area contributed by atoms with Gasteiger partial charge in [0, 0.05) is 35.4 Å². The van der Waals surface area contributed by atoms with Crippen molar-refractivity contribution < 1.29 is 14.0 Å². The first-order chi connectivity index (χ1) is 15.8. The molecular weight excluding hydrogens is 443 g/mol. The molecule has 0 saturated carbocycles. The molecule has 1 N–H and O–H groups in total. The van der Waals surface area contributed by atoms with Gasteiger partial charge < -0.3 is 10.2 Å². The summed E-state index contributed by atoms with van der Waals surface area (Å²) in [6, 6.07) is 10.9. The van der Waals surface area contributed by atoms with Gasteiger partial charge in [-0.1, -0.05) is 11.6 Å². The number of nitrogens with zero attached hydrogens (tertiary/aromatic N) is 3. The van der Waals surface area contributed by atoms with Gasteiger partial charge in [-0.2, -0.15) is 5.10 Å². The first kappa shape index (κ1) is 22.7. The molecule has 2 aromatic carbocycles. The number of carbonyl (C=O) groups is 2. The van der Waals surface area contributed by atoms with E-state index < -0.39 is 0 Å². The highest BCUT2D eigenvalue weighted by Crippen LogP contribution is 2.25. The molecule has 0 unspecified atom stereocenters. The Morgan fingerprint density at radius 3 is 2.48 bits per heavy atom. The predicted molar refractivity (Wildman–Crippen MR) is 127 cm³/mol. The summed E-state index contributed by atoms with van der Waals surface area (Å²) in [4.78, 5) is 27.3. The maximum absolute atomic E-state index is 13.2. The van der Waals surface area contributed by atoms with Crippen LogP contribution in [-0.2, 0) is 4.79 Å². The van der Waals surface area contributed by atoms with Crippen molar-refractivity contribution in [1.29, 1.82) is 0 Å². The number of anilines is 1. The standard InChI is InChI=1S/C25H24ClFN4O2/c1-16-21(17(2)31(29-16)20-8-6-19(27)7-9-20)10-12-24(32)28-23-11-5-18(26)15-22(23)25(33)30-13-3-4-14-30/h5-12,15H,3-4,13-14H2,1-2H3,(H,28,32)/b12-10+. The molecule has 0 bridgehead atoms. The van der Waals surface area contributed by atoms with E-state index in [1.165, 1.54) is 18.2 Å². The summed E-state index contributed by atoms with van der Waals surface area (Å²) in [5, 5.41) is 7.74. The third kappa shape index (κ3) is 4.98. The molecule has 1 aliphatic heterocycles. The van der Waals surface area contributed by atoms with Crippen molar-refractivity contribution in [3.05, 3.63) is 81.9 Å². The van der Waals surface area contributed by atoms with Crippen LogP contribution in [0.4, 0.5) is 10.1 Å². The molecule has 3 aromatic rings. The molecule has 33 heavy (non-hydrogen) atoms. The van der Waals surface area contributed by atoms with Gasteiger partial charge >= 0.3 is 0 Å². The molecule has 0 radical (unpaired) electrons. The van der Waals surface area contributed by atoms with E-state index in [4.69, 9.17) is 11.6 Å². The molecule has 1 aromatic heterocycles. The van der Waals surface area contributed by atoms with Crippen LogP contribution in [0.5, 0.6) is 0 Å². The number of hydrogen-bond acceptors (Lipinski definition) is 3. The number of rotatable bonds is 5. The van der Waals surface area contributed by atoms with E-state index in [1.807, 2.05) is 13.8 Å². The van der Waals surface area contributed by atoms with Gasteiger partial charge in [0.05, 0.1) is 22.6 Å². The Labute approximate surface area is 196 Å². The number of carbonyl (C=O) groups excluding carboxylic acids is 2. The molecule has 0 spiro atoms. The summed E-state index contributed by atoms with van der Waals surface area (Å²) in [6.45, 7) is 5.13. The van der Waals surface area contributed by atoms with Gasteiger partial charge in [-0.05, 0) is 75.2 Å². The fourth-order valence-electron chi connectivity index (χ4n) is 3.96. The summed E-state index contributed by atoms with van der Waals surface area (Å²) < 4.78 is 15.0. The predicted octanol–water partition coefficient (Wildman–Crippen LogP) is 5.17. The average molecular weight is 467 g/mol. The van der Waals surface area contributed by atoms with Crippen molar-refractivity contribution in [2.45, 2.75) is 26.7 Å². The van der Waals surface area contributed by atoms with E-state index in [1.54, 1.807) is 46.0 Å². The van der Waals surface area contributed by atoms with Crippen LogP contribution in [0, 0.1) is 19.7 Å². The van der Waals surface area contributed by atoms with Gasteiger partial charge in [0.15, 0.2) is 0 Å². The van der Waals surface area contributed by atoms with Crippen molar-refractivity contribution in [2.75, 3.05) is 18.4 Å². The van der Waals surface area contributed by atoms with Crippen LogP contribution in [0.25, 0.3) is 11.8 Å². The molecular formula is C25H24ClFN4O2. The lowest BCUT2D eigenvalue weighted by Crippen LogP contribution is -2.28. The highest BCUT2D eigenvalue weighted by Gasteiger charge is 2.22. The zero-order valence-electron chi connectivity index (χ0n) is 18.4. The van der Waals surface area contributed by atoms with Crippen LogP contribution in [0.2, 0.25) is 5.02 Å². The lowest BCUT2D eigenvalue weighted by atomic mass is 10.1. The van der Waals surface area contributed by atoms with Gasteiger partial charge in [0.25, 0.3) is 5.91 Å². The number of likely N-dealkylation sites (tertiary alicyclic amines) is 1. The Kier molecular flexibility index (Phi) is 6.60. The second-order valence-electron chi connectivity index (χ2n) is 7.98. The molecule has 8 heteroatoms. The summed E-state index contributed by atoms with van der Waals surface area (Å²) in [5.74, 6) is -0.829. The molecule has 6 nitrogen and oxygen atoms in total. The van der Waals surface area contributed by atoms with Crippen LogP contribution in [0.15, 0.2) is 48.5 Å². The Hall–Kier alpha value is -3.45. The van der Waals surface area contributed by atoms with Crippen molar-refractivity contribution in [3.8, 4) is 5.69 Å². The topological polar surface area (TPSA) is 67.2 Å². The van der Waals surface area contributed by atoms with Crippen LogP contribution in [0.1, 0.15) is 40.2 Å². The Morgan fingerprint density at radius 2 is 1.79 bits per heavy atom. The smallest absolute Gasteiger partial charge is 0.256 e. The van der Waals surface area contributed by atoms with E-state index in [0.717, 1.165) is 35.5 Å². The maximum Gasteiger partial charge on any atom is 0.256 e. The molecule has 2 heterocycles. The molecule has 4 rings (SSSR count). The average Bonchev–Trinajstić information content (AvgIpc) is 3.42.